The molecule has 28 heteroatoms. The summed E-state index contributed by atoms with van der Waals surface area (Å²) in [7, 11) is -9.46. The summed E-state index contributed by atoms with van der Waals surface area (Å²) < 4.78 is 331. The Bertz CT molecular complexity index is 1020. The quantitative estimate of drug-likeness (QED) is 0.221. The summed E-state index contributed by atoms with van der Waals surface area (Å²) in [6.07, 6.45) is -33.4. The molecule has 0 aliphatic carbocycles. The summed E-state index contributed by atoms with van der Waals surface area (Å²) in [5, 5.41) is 0. The van der Waals surface area contributed by atoms with Crippen LogP contribution in [0.3, 0.4) is 0 Å². The maximum absolute atomic E-state index is 14.2. The normalized spacial score (nSPS) is 18.3. The molecule has 0 spiro atoms. The molecule has 0 aromatic rings. The Balaban J connectivity index is 8.25. The second kappa shape index (κ2) is 8.88. The fourth-order valence-corrected chi connectivity index (χ4v) is 3.20. The lowest BCUT2D eigenvalue weighted by Gasteiger charge is -2.48. The largest absolute Gasteiger partial charge is 0.483 e. The lowest BCUT2D eigenvalue weighted by atomic mass is 9.88. The zero-order valence-electron chi connectivity index (χ0n) is 16.3. The molecule has 0 aliphatic heterocycles. The molecule has 236 valence electrons. The molecular weight excluding hydrogens is 665 g/mol. The Kier molecular flexibility index (Phi) is 8.48. The SMILES string of the molecule is O=S(=O)(O)C(OC(F)(F)C(F)(F)F)(C(F)(F)C(F)(F)F)C(F)(F)C(F)(F)C(F)(F)C(F)(F)C(F)(F)C(F)(F)F. The van der Waals surface area contributed by atoms with Crippen LogP contribution in [0.25, 0.3) is 0 Å². The van der Waals surface area contributed by atoms with Gasteiger partial charge in [-0.05, 0) is 0 Å². The molecule has 0 rings (SSSR count). The van der Waals surface area contributed by atoms with E-state index in [0.29, 0.717) is 0 Å². The van der Waals surface area contributed by atoms with Crippen LogP contribution in [0.4, 0.5) is 101 Å². The van der Waals surface area contributed by atoms with Gasteiger partial charge in [0.2, 0.25) is 0 Å². The maximum Gasteiger partial charge on any atom is 0.483 e. The van der Waals surface area contributed by atoms with E-state index in [1.54, 1.807) is 0 Å². The summed E-state index contributed by atoms with van der Waals surface area (Å²) in [6.45, 7) is 0. The van der Waals surface area contributed by atoms with Crippen LogP contribution in [0.1, 0.15) is 0 Å². The van der Waals surface area contributed by atoms with E-state index in [1.165, 1.54) is 0 Å². The van der Waals surface area contributed by atoms with Gasteiger partial charge >= 0.3 is 75.2 Å². The molecule has 1 atom stereocenters. The van der Waals surface area contributed by atoms with Crippen molar-refractivity contribution < 1.29 is 119 Å². The van der Waals surface area contributed by atoms with Gasteiger partial charge in [0.25, 0.3) is 0 Å². The molecule has 1 unspecified atom stereocenters. The monoisotopic (exact) mass is 666 g/mol. The predicted octanol–water partition coefficient (Wildman–Crippen LogP) is 6.68. The topological polar surface area (TPSA) is 63.6 Å². The number of halogens is 23. The summed E-state index contributed by atoms with van der Waals surface area (Å²) in [5.74, 6) is -56.2. The predicted molar refractivity (Wildman–Crippen MR) is 68.2 cm³/mol. The van der Waals surface area contributed by atoms with E-state index in [0.717, 1.165) is 4.74 Å². The Labute approximate surface area is 195 Å². The minimum atomic E-state index is -9.78. The summed E-state index contributed by atoms with van der Waals surface area (Å²) in [4.78, 5) is -9.30. The highest BCUT2D eigenvalue weighted by Crippen LogP contribution is 2.67. The third-order valence-electron chi connectivity index (χ3n) is 4.08. The van der Waals surface area contributed by atoms with Crippen molar-refractivity contribution in [2.75, 3.05) is 0 Å². The summed E-state index contributed by atoms with van der Waals surface area (Å²) in [6, 6.07) is 0. The van der Waals surface area contributed by atoms with Crippen molar-refractivity contribution in [2.45, 2.75) is 65.1 Å². The van der Waals surface area contributed by atoms with Crippen molar-refractivity contribution in [3.05, 3.63) is 0 Å². The first-order chi connectivity index (χ1) is 16.2. The fraction of sp³-hybridized carbons (Fsp3) is 1.00. The van der Waals surface area contributed by atoms with Crippen molar-refractivity contribution in [1.29, 1.82) is 0 Å². The van der Waals surface area contributed by atoms with Gasteiger partial charge in [-0.1, -0.05) is 0 Å². The van der Waals surface area contributed by atoms with Crippen LogP contribution in [-0.4, -0.2) is 78.1 Å². The van der Waals surface area contributed by atoms with Gasteiger partial charge in [-0.15, -0.1) is 0 Å². The molecule has 0 saturated carbocycles. The van der Waals surface area contributed by atoms with E-state index in [9.17, 15) is 109 Å². The average Bonchev–Trinajstić information content (AvgIpc) is 2.61. The zero-order chi connectivity index (χ0) is 32.7. The van der Waals surface area contributed by atoms with E-state index in [4.69, 9.17) is 4.55 Å². The van der Waals surface area contributed by atoms with Crippen LogP contribution in [-0.2, 0) is 14.9 Å². The Morgan fingerprint density at radius 3 is 0.872 bits per heavy atom. The number of alkyl halides is 23. The first kappa shape index (κ1) is 37.3. The van der Waals surface area contributed by atoms with Crippen molar-refractivity contribution in [1.82, 2.24) is 0 Å². The zero-order valence-corrected chi connectivity index (χ0v) is 17.1. The Morgan fingerprint density at radius 1 is 0.385 bits per heavy atom. The van der Waals surface area contributed by atoms with E-state index in [2.05, 4.69) is 0 Å². The molecule has 0 radical (unpaired) electrons. The van der Waals surface area contributed by atoms with Crippen molar-refractivity contribution in [3.8, 4) is 0 Å². The Morgan fingerprint density at radius 2 is 0.641 bits per heavy atom. The molecule has 4 nitrogen and oxygen atoms in total. The minimum absolute atomic E-state index is 0.973. The van der Waals surface area contributed by atoms with Gasteiger partial charge in [-0.2, -0.15) is 109 Å². The standard InChI is InChI=1S/C11HF23O4S/c12-1(13,3(16,17)5(20,21)8(24,25)26)2(14,15)4(18,19)7(39(35,36)37,6(22,23)9(27,28)29)38-11(33,34)10(30,31)32/h(H,35,36,37). The first-order valence-corrected chi connectivity index (χ1v) is 9.16. The highest BCUT2D eigenvalue weighted by molar-refractivity contribution is 7.87. The van der Waals surface area contributed by atoms with E-state index in [1.807, 2.05) is 0 Å². The summed E-state index contributed by atoms with van der Waals surface area (Å²) >= 11 is 0. The second-order valence-corrected chi connectivity index (χ2v) is 8.18. The molecule has 0 aromatic carbocycles. The van der Waals surface area contributed by atoms with Crippen LogP contribution < -0.4 is 0 Å². The number of rotatable bonds is 9. The van der Waals surface area contributed by atoms with E-state index in [-0.39, 0.29) is 0 Å². The molecule has 0 aliphatic rings. The molecular formula is C11HF23O4S. The number of hydrogen-bond donors (Lipinski definition) is 1. The molecule has 0 amide bonds. The van der Waals surface area contributed by atoms with Gasteiger partial charge in [-0.3, -0.25) is 9.29 Å². The first-order valence-electron chi connectivity index (χ1n) is 7.72. The molecule has 0 saturated heterocycles. The molecule has 0 heterocycles. The third kappa shape index (κ3) is 4.79. The Hall–Kier alpha value is -1.74. The maximum atomic E-state index is 14.2. The van der Waals surface area contributed by atoms with Gasteiger partial charge in [0.1, 0.15) is 0 Å². The highest BCUT2D eigenvalue weighted by atomic mass is 32.2. The fourth-order valence-electron chi connectivity index (χ4n) is 2.10. The van der Waals surface area contributed by atoms with Gasteiger partial charge in [0, 0.05) is 0 Å². The smallest absolute Gasteiger partial charge is 0.283 e. The second-order valence-electron chi connectivity index (χ2n) is 6.65. The van der Waals surface area contributed by atoms with Gasteiger partial charge in [-0.25, -0.2) is 0 Å². The van der Waals surface area contributed by atoms with Crippen molar-refractivity contribution >= 4 is 10.1 Å². The molecule has 0 fully saturated rings. The van der Waals surface area contributed by atoms with E-state index >= 15 is 0 Å². The molecule has 1 N–H and O–H groups in total. The van der Waals surface area contributed by atoms with Crippen LogP contribution in [0, 0.1) is 0 Å². The molecule has 0 aromatic heterocycles. The van der Waals surface area contributed by atoms with Gasteiger partial charge in [0.15, 0.2) is 0 Å². The van der Waals surface area contributed by atoms with Crippen LogP contribution in [0.15, 0.2) is 0 Å². The van der Waals surface area contributed by atoms with Gasteiger partial charge < -0.3 is 0 Å². The molecule has 0 bridgehead atoms. The average molecular weight is 666 g/mol. The lowest BCUT2D eigenvalue weighted by molar-refractivity contribution is -0.492. The van der Waals surface area contributed by atoms with Crippen LogP contribution in [0.5, 0.6) is 0 Å². The highest BCUT2D eigenvalue weighted by Gasteiger charge is 2.99. The minimum Gasteiger partial charge on any atom is -0.283 e. The van der Waals surface area contributed by atoms with Crippen molar-refractivity contribution in [3.63, 3.8) is 0 Å². The van der Waals surface area contributed by atoms with E-state index < -0.39 is 75.2 Å². The lowest BCUT2D eigenvalue weighted by Crippen LogP contribution is -2.81. The molecule has 39 heavy (non-hydrogen) atoms. The van der Waals surface area contributed by atoms with Crippen LogP contribution in [0.2, 0.25) is 0 Å². The van der Waals surface area contributed by atoms with Gasteiger partial charge in [0.05, 0.1) is 0 Å². The number of hydrogen-bond acceptors (Lipinski definition) is 3. The number of ether oxygens (including phenoxy) is 1. The summed E-state index contributed by atoms with van der Waals surface area (Å²) in [5.41, 5.74) is 0. The van der Waals surface area contributed by atoms with Crippen molar-refractivity contribution in [2.24, 2.45) is 0 Å². The third-order valence-corrected chi connectivity index (χ3v) is 5.40. The van der Waals surface area contributed by atoms with Crippen LogP contribution >= 0.6 is 0 Å².